The van der Waals surface area contributed by atoms with Crippen LogP contribution in [-0.4, -0.2) is 39.3 Å². The SMILES string of the molecule is CSc1nccc(-c2c[nH]nc2-c2cc(C)c(C)c(OC3CCCCO3)c2)n1. The number of benzene rings is 1. The normalized spacial score (nSPS) is 16.9. The van der Waals surface area contributed by atoms with Gasteiger partial charge in [-0.1, -0.05) is 11.8 Å². The summed E-state index contributed by atoms with van der Waals surface area (Å²) in [5.74, 6) is 0.850. The molecule has 0 spiro atoms. The number of ether oxygens (including phenoxy) is 2. The second-order valence-corrected chi connectivity index (χ2v) is 7.68. The van der Waals surface area contributed by atoms with Crippen LogP contribution in [0.15, 0.2) is 35.7 Å². The Morgan fingerprint density at radius 2 is 2.14 bits per heavy atom. The van der Waals surface area contributed by atoms with Crippen LogP contribution in [0.2, 0.25) is 0 Å². The summed E-state index contributed by atoms with van der Waals surface area (Å²) in [5.41, 5.74) is 5.92. The Hall–Kier alpha value is -2.38. The van der Waals surface area contributed by atoms with Gasteiger partial charge in [-0.05, 0) is 62.3 Å². The van der Waals surface area contributed by atoms with Crippen molar-refractivity contribution in [3.05, 3.63) is 41.7 Å². The quantitative estimate of drug-likeness (QED) is 0.494. The van der Waals surface area contributed by atoms with Crippen LogP contribution >= 0.6 is 11.8 Å². The molecule has 2 aromatic heterocycles. The Morgan fingerprint density at radius 1 is 1.25 bits per heavy atom. The van der Waals surface area contributed by atoms with Crippen molar-refractivity contribution in [3.63, 3.8) is 0 Å². The average Bonchev–Trinajstić information content (AvgIpc) is 3.22. The van der Waals surface area contributed by atoms with Gasteiger partial charge in [-0.25, -0.2) is 9.97 Å². The molecule has 3 heterocycles. The van der Waals surface area contributed by atoms with Gasteiger partial charge in [-0.15, -0.1) is 0 Å². The summed E-state index contributed by atoms with van der Waals surface area (Å²) < 4.78 is 12.0. The lowest BCUT2D eigenvalue weighted by molar-refractivity contribution is -0.106. The predicted octanol–water partition coefficient (Wildman–Crippen LogP) is 4.78. The van der Waals surface area contributed by atoms with Crippen molar-refractivity contribution in [2.24, 2.45) is 0 Å². The first kappa shape index (κ1) is 19.0. The molecule has 0 aliphatic carbocycles. The van der Waals surface area contributed by atoms with Crippen molar-refractivity contribution in [1.29, 1.82) is 0 Å². The highest BCUT2D eigenvalue weighted by molar-refractivity contribution is 7.98. The van der Waals surface area contributed by atoms with Gasteiger partial charge in [0.1, 0.15) is 11.4 Å². The number of hydrogen-bond acceptors (Lipinski definition) is 6. The van der Waals surface area contributed by atoms with E-state index in [0.717, 1.165) is 70.4 Å². The molecule has 1 fully saturated rings. The van der Waals surface area contributed by atoms with E-state index in [2.05, 4.69) is 46.1 Å². The van der Waals surface area contributed by atoms with Crippen LogP contribution in [-0.2, 0) is 4.74 Å². The number of thioether (sulfide) groups is 1. The van der Waals surface area contributed by atoms with Gasteiger partial charge in [-0.3, -0.25) is 5.10 Å². The van der Waals surface area contributed by atoms with Gasteiger partial charge in [0.15, 0.2) is 11.4 Å². The summed E-state index contributed by atoms with van der Waals surface area (Å²) >= 11 is 1.52. The van der Waals surface area contributed by atoms with Gasteiger partial charge in [0.25, 0.3) is 0 Å². The molecular weight excluding hydrogens is 372 g/mol. The molecule has 0 saturated carbocycles. The molecule has 1 aliphatic rings. The number of nitrogens with one attached hydrogen (secondary N) is 1. The van der Waals surface area contributed by atoms with Crippen LogP contribution in [0, 0.1) is 13.8 Å². The van der Waals surface area contributed by atoms with Gasteiger partial charge in [-0.2, -0.15) is 5.10 Å². The van der Waals surface area contributed by atoms with Crippen LogP contribution < -0.4 is 4.74 Å². The number of rotatable bonds is 5. The van der Waals surface area contributed by atoms with Crippen LogP contribution in [0.5, 0.6) is 5.75 Å². The summed E-state index contributed by atoms with van der Waals surface area (Å²) in [7, 11) is 0. The number of hydrogen-bond donors (Lipinski definition) is 1. The summed E-state index contributed by atoms with van der Waals surface area (Å²) in [6.45, 7) is 4.94. The lowest BCUT2D eigenvalue weighted by Gasteiger charge is -2.25. The third-order valence-electron chi connectivity index (χ3n) is 5.02. The largest absolute Gasteiger partial charge is 0.465 e. The third kappa shape index (κ3) is 3.91. The maximum atomic E-state index is 6.20. The molecule has 1 N–H and O–H groups in total. The molecule has 28 heavy (non-hydrogen) atoms. The molecule has 0 bridgehead atoms. The molecule has 1 aromatic carbocycles. The van der Waals surface area contributed by atoms with Crippen LogP contribution in [0.25, 0.3) is 22.5 Å². The van der Waals surface area contributed by atoms with Gasteiger partial charge in [0.2, 0.25) is 0 Å². The van der Waals surface area contributed by atoms with Crippen LogP contribution in [0.1, 0.15) is 30.4 Å². The van der Waals surface area contributed by atoms with Crippen LogP contribution in [0.4, 0.5) is 0 Å². The second kappa shape index (κ2) is 8.32. The summed E-state index contributed by atoms with van der Waals surface area (Å²) in [4.78, 5) is 8.88. The molecule has 0 amide bonds. The molecule has 7 heteroatoms. The minimum Gasteiger partial charge on any atom is -0.465 e. The Labute approximate surface area is 169 Å². The van der Waals surface area contributed by atoms with E-state index in [-0.39, 0.29) is 6.29 Å². The molecule has 3 aromatic rings. The highest BCUT2D eigenvalue weighted by atomic mass is 32.2. The fraction of sp³-hybridized carbons (Fsp3) is 0.381. The summed E-state index contributed by atoms with van der Waals surface area (Å²) in [5, 5.41) is 8.22. The molecular formula is C21H24N4O2S. The minimum absolute atomic E-state index is 0.174. The van der Waals surface area contributed by atoms with Crippen molar-refractivity contribution in [1.82, 2.24) is 20.2 Å². The van der Waals surface area contributed by atoms with Crippen molar-refractivity contribution >= 4 is 11.8 Å². The zero-order valence-electron chi connectivity index (χ0n) is 16.4. The van der Waals surface area contributed by atoms with E-state index in [4.69, 9.17) is 9.47 Å². The highest BCUT2D eigenvalue weighted by Crippen LogP contribution is 2.35. The van der Waals surface area contributed by atoms with Crippen molar-refractivity contribution in [3.8, 4) is 28.3 Å². The Bertz CT molecular complexity index is 967. The van der Waals surface area contributed by atoms with E-state index in [0.29, 0.717) is 0 Å². The smallest absolute Gasteiger partial charge is 0.199 e. The lowest BCUT2D eigenvalue weighted by atomic mass is 10.00. The first-order valence-corrected chi connectivity index (χ1v) is 10.7. The zero-order valence-corrected chi connectivity index (χ0v) is 17.2. The zero-order chi connectivity index (χ0) is 19.5. The standard InChI is InChI=1S/C21H24N4O2S/c1-13-10-15(11-18(14(13)2)27-19-6-4-5-9-26-19)20-16(12-23-25-20)17-7-8-22-21(24-17)28-3/h7-8,10-12,19H,4-6,9H2,1-3H3,(H,23,25). The maximum Gasteiger partial charge on any atom is 0.199 e. The monoisotopic (exact) mass is 396 g/mol. The molecule has 4 rings (SSSR count). The fourth-order valence-electron chi connectivity index (χ4n) is 3.33. The minimum atomic E-state index is -0.174. The highest BCUT2D eigenvalue weighted by Gasteiger charge is 2.19. The molecule has 1 aliphatic heterocycles. The van der Waals surface area contributed by atoms with E-state index in [1.165, 1.54) is 11.8 Å². The van der Waals surface area contributed by atoms with E-state index >= 15 is 0 Å². The Kier molecular flexibility index (Phi) is 5.64. The van der Waals surface area contributed by atoms with E-state index < -0.39 is 0 Å². The Balaban J connectivity index is 1.71. The Morgan fingerprint density at radius 3 is 2.93 bits per heavy atom. The van der Waals surface area contributed by atoms with E-state index in [1.54, 1.807) is 6.20 Å². The molecule has 1 saturated heterocycles. The maximum absolute atomic E-state index is 6.20. The summed E-state index contributed by atoms with van der Waals surface area (Å²) in [6.07, 6.45) is 8.61. The number of H-pyrrole nitrogens is 1. The first-order chi connectivity index (χ1) is 13.7. The average molecular weight is 397 g/mol. The number of aryl methyl sites for hydroxylation is 1. The number of aromatic amines is 1. The van der Waals surface area contributed by atoms with Crippen molar-refractivity contribution < 1.29 is 9.47 Å². The van der Waals surface area contributed by atoms with Crippen molar-refractivity contribution in [2.45, 2.75) is 44.6 Å². The molecule has 1 atom stereocenters. The number of aromatic nitrogens is 4. The van der Waals surface area contributed by atoms with Gasteiger partial charge in [0.05, 0.1) is 12.3 Å². The molecule has 6 nitrogen and oxygen atoms in total. The molecule has 146 valence electrons. The van der Waals surface area contributed by atoms with E-state index in [9.17, 15) is 0 Å². The van der Waals surface area contributed by atoms with Gasteiger partial charge < -0.3 is 9.47 Å². The van der Waals surface area contributed by atoms with Gasteiger partial charge >= 0.3 is 0 Å². The van der Waals surface area contributed by atoms with Crippen molar-refractivity contribution in [2.75, 3.05) is 12.9 Å². The first-order valence-electron chi connectivity index (χ1n) is 9.47. The summed E-state index contributed by atoms with van der Waals surface area (Å²) in [6, 6.07) is 6.10. The third-order valence-corrected chi connectivity index (χ3v) is 5.58. The number of nitrogens with zero attached hydrogens (tertiary/aromatic N) is 3. The van der Waals surface area contributed by atoms with E-state index in [1.807, 2.05) is 18.5 Å². The lowest BCUT2D eigenvalue weighted by Crippen LogP contribution is -2.25. The fourth-order valence-corrected chi connectivity index (χ4v) is 3.68. The van der Waals surface area contributed by atoms with Crippen LogP contribution in [0.3, 0.4) is 0 Å². The second-order valence-electron chi connectivity index (χ2n) is 6.91. The molecule has 0 radical (unpaired) electrons. The predicted molar refractivity (Wildman–Crippen MR) is 111 cm³/mol. The topological polar surface area (TPSA) is 72.9 Å². The van der Waals surface area contributed by atoms with Gasteiger partial charge in [0, 0.05) is 29.9 Å². The molecule has 1 unspecified atom stereocenters.